The average molecular weight is 257 g/mol. The number of halogens is 1. The zero-order valence-corrected chi connectivity index (χ0v) is 9.66. The summed E-state index contributed by atoms with van der Waals surface area (Å²) in [5.74, 6) is 0.937. The van der Waals surface area contributed by atoms with Crippen molar-refractivity contribution in [3.8, 4) is 0 Å². The largest absolute Gasteiger partial charge is 0.463 e. The lowest BCUT2D eigenvalue weighted by Crippen LogP contribution is -2.30. The Morgan fingerprint density at radius 3 is 3.14 bits per heavy atom. The molecule has 0 aromatic carbocycles. The van der Waals surface area contributed by atoms with Crippen LogP contribution in [0.2, 0.25) is 0 Å². The van der Waals surface area contributed by atoms with E-state index < -0.39 is 0 Å². The molecule has 2 aliphatic rings. The second-order valence-corrected chi connectivity index (χ2v) is 4.75. The standard InChI is InChI=1S/C11H13BrO2/c1-2-14-10(13)6-8-5-7-3-4-9(12)11(7)8/h3-4,6-7,9,11H,2,5H2,1H3/b8-6-/t7-,9+,11-/m0/s1. The zero-order valence-electron chi connectivity index (χ0n) is 8.07. The van der Waals surface area contributed by atoms with E-state index in [9.17, 15) is 4.79 Å². The molecule has 3 atom stereocenters. The second-order valence-electron chi connectivity index (χ2n) is 3.69. The van der Waals surface area contributed by atoms with E-state index in [0.29, 0.717) is 23.3 Å². The van der Waals surface area contributed by atoms with Crippen molar-refractivity contribution < 1.29 is 9.53 Å². The number of carbonyl (C=O) groups excluding carboxylic acids is 1. The van der Waals surface area contributed by atoms with Crippen LogP contribution in [-0.4, -0.2) is 17.4 Å². The summed E-state index contributed by atoms with van der Waals surface area (Å²) in [4.78, 5) is 11.6. The van der Waals surface area contributed by atoms with Crippen LogP contribution in [0.25, 0.3) is 0 Å². The highest BCUT2D eigenvalue weighted by Crippen LogP contribution is 2.49. The summed E-state index contributed by atoms with van der Waals surface area (Å²) in [6, 6.07) is 0. The Balaban J connectivity index is 1.99. The van der Waals surface area contributed by atoms with E-state index >= 15 is 0 Å². The lowest BCUT2D eigenvalue weighted by molar-refractivity contribution is -0.137. The monoisotopic (exact) mass is 256 g/mol. The van der Waals surface area contributed by atoms with Crippen molar-refractivity contribution in [3.63, 3.8) is 0 Å². The number of ether oxygens (including phenoxy) is 1. The molecule has 2 rings (SSSR count). The first-order valence-corrected chi connectivity index (χ1v) is 5.83. The topological polar surface area (TPSA) is 26.3 Å². The van der Waals surface area contributed by atoms with Gasteiger partial charge in [-0.2, -0.15) is 0 Å². The van der Waals surface area contributed by atoms with Crippen LogP contribution in [-0.2, 0) is 9.53 Å². The van der Waals surface area contributed by atoms with E-state index in [1.54, 1.807) is 6.08 Å². The van der Waals surface area contributed by atoms with Crippen LogP contribution in [0.1, 0.15) is 13.3 Å². The van der Waals surface area contributed by atoms with Gasteiger partial charge >= 0.3 is 5.97 Å². The molecule has 0 aliphatic heterocycles. The van der Waals surface area contributed by atoms with E-state index in [0.717, 1.165) is 6.42 Å². The van der Waals surface area contributed by atoms with E-state index in [2.05, 4.69) is 28.1 Å². The van der Waals surface area contributed by atoms with Gasteiger partial charge in [0.1, 0.15) is 0 Å². The Bertz CT molecular complexity index is 298. The normalized spacial score (nSPS) is 36.7. The fraction of sp³-hybridized carbons (Fsp3) is 0.545. The van der Waals surface area contributed by atoms with Gasteiger partial charge in [-0.25, -0.2) is 4.79 Å². The first-order chi connectivity index (χ1) is 6.72. The van der Waals surface area contributed by atoms with Gasteiger partial charge in [0.15, 0.2) is 0 Å². The maximum absolute atomic E-state index is 11.2. The quantitative estimate of drug-likeness (QED) is 0.329. The Labute approximate surface area is 92.1 Å². The van der Waals surface area contributed by atoms with Gasteiger partial charge in [0.05, 0.1) is 6.61 Å². The molecule has 0 amide bonds. The van der Waals surface area contributed by atoms with Crippen LogP contribution in [0.3, 0.4) is 0 Å². The van der Waals surface area contributed by atoms with Crippen molar-refractivity contribution in [1.29, 1.82) is 0 Å². The molecule has 0 saturated heterocycles. The highest BCUT2D eigenvalue weighted by molar-refractivity contribution is 9.09. The molecule has 2 aliphatic carbocycles. The first-order valence-electron chi connectivity index (χ1n) is 4.92. The van der Waals surface area contributed by atoms with Crippen molar-refractivity contribution in [2.24, 2.45) is 11.8 Å². The van der Waals surface area contributed by atoms with E-state index in [-0.39, 0.29) is 5.97 Å². The van der Waals surface area contributed by atoms with Gasteiger partial charge in [0.2, 0.25) is 0 Å². The molecule has 0 unspecified atom stereocenters. The van der Waals surface area contributed by atoms with Gasteiger partial charge in [-0.3, -0.25) is 0 Å². The third-order valence-electron chi connectivity index (χ3n) is 2.84. The Kier molecular flexibility index (Phi) is 2.77. The third kappa shape index (κ3) is 1.65. The molecule has 1 fully saturated rings. The molecule has 0 heterocycles. The fourth-order valence-electron chi connectivity index (χ4n) is 2.14. The molecule has 76 valence electrons. The summed E-state index contributed by atoms with van der Waals surface area (Å²) in [6.45, 7) is 2.27. The first kappa shape index (κ1) is 9.97. The molecule has 0 radical (unpaired) electrons. The van der Waals surface area contributed by atoms with Crippen LogP contribution in [0.15, 0.2) is 23.8 Å². The highest BCUT2D eigenvalue weighted by atomic mass is 79.9. The van der Waals surface area contributed by atoms with Gasteiger partial charge in [-0.1, -0.05) is 33.7 Å². The van der Waals surface area contributed by atoms with E-state index in [1.165, 1.54) is 5.57 Å². The number of allylic oxidation sites excluding steroid dienone is 3. The van der Waals surface area contributed by atoms with E-state index in [4.69, 9.17) is 4.74 Å². The lowest BCUT2D eigenvalue weighted by Gasteiger charge is -2.35. The number of hydrogen-bond acceptors (Lipinski definition) is 2. The number of carbonyl (C=O) groups is 1. The van der Waals surface area contributed by atoms with Crippen LogP contribution in [0, 0.1) is 11.8 Å². The van der Waals surface area contributed by atoms with Crippen molar-refractivity contribution in [1.82, 2.24) is 0 Å². The van der Waals surface area contributed by atoms with Crippen molar-refractivity contribution in [2.45, 2.75) is 18.2 Å². The minimum absolute atomic E-state index is 0.201. The second kappa shape index (κ2) is 3.89. The van der Waals surface area contributed by atoms with Gasteiger partial charge in [-0.05, 0) is 19.3 Å². The zero-order chi connectivity index (χ0) is 10.1. The number of alkyl halides is 1. The molecular formula is C11H13BrO2. The predicted octanol–water partition coefficient (Wildman–Crippen LogP) is 2.45. The number of fused-ring (bicyclic) bond motifs is 1. The maximum atomic E-state index is 11.2. The molecule has 14 heavy (non-hydrogen) atoms. The molecule has 0 aromatic heterocycles. The predicted molar refractivity (Wildman–Crippen MR) is 58.2 cm³/mol. The van der Waals surface area contributed by atoms with Gasteiger partial charge in [0, 0.05) is 16.8 Å². The maximum Gasteiger partial charge on any atom is 0.330 e. The van der Waals surface area contributed by atoms with Crippen LogP contribution < -0.4 is 0 Å². The molecule has 3 heteroatoms. The number of esters is 1. The Hall–Kier alpha value is -0.570. The van der Waals surface area contributed by atoms with Crippen LogP contribution in [0.5, 0.6) is 0 Å². The summed E-state index contributed by atoms with van der Waals surface area (Å²) in [5, 5.41) is 0. The number of rotatable bonds is 2. The van der Waals surface area contributed by atoms with Crippen molar-refractivity contribution in [3.05, 3.63) is 23.8 Å². The van der Waals surface area contributed by atoms with Gasteiger partial charge in [0.25, 0.3) is 0 Å². The molecule has 0 spiro atoms. The fourth-order valence-corrected chi connectivity index (χ4v) is 3.04. The minimum atomic E-state index is -0.201. The molecular weight excluding hydrogens is 244 g/mol. The molecule has 2 nitrogen and oxygen atoms in total. The molecule has 1 saturated carbocycles. The molecule has 0 aromatic rings. The summed E-state index contributed by atoms with van der Waals surface area (Å²) in [6.07, 6.45) is 7.07. The van der Waals surface area contributed by atoms with Crippen LogP contribution in [0.4, 0.5) is 0 Å². The Morgan fingerprint density at radius 2 is 2.50 bits per heavy atom. The van der Waals surface area contributed by atoms with Crippen molar-refractivity contribution in [2.75, 3.05) is 6.61 Å². The summed E-state index contributed by atoms with van der Waals surface area (Å²) in [5.41, 5.74) is 1.22. The SMILES string of the molecule is CCOC(=O)/C=C1/C[C@@H]2C=C[C@@H](Br)[C@H]12. The number of hydrogen-bond donors (Lipinski definition) is 0. The van der Waals surface area contributed by atoms with Gasteiger partial charge in [-0.15, -0.1) is 0 Å². The van der Waals surface area contributed by atoms with E-state index in [1.807, 2.05) is 6.92 Å². The summed E-state index contributed by atoms with van der Waals surface area (Å²) < 4.78 is 4.88. The lowest BCUT2D eigenvalue weighted by atomic mass is 9.71. The molecule has 0 N–H and O–H groups in total. The smallest absolute Gasteiger partial charge is 0.330 e. The summed E-state index contributed by atoms with van der Waals surface area (Å²) in [7, 11) is 0. The Morgan fingerprint density at radius 1 is 1.71 bits per heavy atom. The highest BCUT2D eigenvalue weighted by Gasteiger charge is 2.41. The minimum Gasteiger partial charge on any atom is -0.463 e. The van der Waals surface area contributed by atoms with Crippen LogP contribution >= 0.6 is 15.9 Å². The summed E-state index contributed by atoms with van der Waals surface area (Å²) >= 11 is 3.58. The van der Waals surface area contributed by atoms with Crippen molar-refractivity contribution >= 4 is 21.9 Å². The third-order valence-corrected chi connectivity index (χ3v) is 3.71. The van der Waals surface area contributed by atoms with Gasteiger partial charge < -0.3 is 4.74 Å². The molecule has 0 bridgehead atoms. The average Bonchev–Trinajstić information content (AvgIpc) is 2.37.